The van der Waals surface area contributed by atoms with E-state index < -0.39 is 44.8 Å². The van der Waals surface area contributed by atoms with Crippen molar-refractivity contribution in [3.05, 3.63) is 12.7 Å². The fraction of sp³-hybridized carbons (Fsp3) is 0.812. The van der Waals surface area contributed by atoms with Crippen LogP contribution in [0, 0.1) is 0 Å². The Morgan fingerprint density at radius 1 is 0.840 bits per heavy atom. The maximum Gasteiger partial charge on any atom is 0.479 e. The van der Waals surface area contributed by atoms with Crippen molar-refractivity contribution in [2.24, 2.45) is 0 Å². The fourth-order valence-corrected chi connectivity index (χ4v) is 16.9. The monoisotopic (exact) mass is 422 g/mol. The molecule has 0 aliphatic heterocycles. The molecule has 0 saturated heterocycles. The highest BCUT2D eigenvalue weighted by atomic mass is 28.5. The van der Waals surface area contributed by atoms with E-state index in [1.807, 2.05) is 13.8 Å². The van der Waals surface area contributed by atoms with Gasteiger partial charge in [0.05, 0.1) is 5.04 Å². The van der Waals surface area contributed by atoms with Gasteiger partial charge in [-0.25, -0.2) is 4.79 Å². The van der Waals surface area contributed by atoms with Crippen molar-refractivity contribution in [2.45, 2.75) is 77.8 Å². The summed E-state index contributed by atoms with van der Waals surface area (Å²) in [4.78, 5) is 11.6. The fourth-order valence-electron chi connectivity index (χ4n) is 2.09. The van der Waals surface area contributed by atoms with Gasteiger partial charge in [-0.1, -0.05) is 20.4 Å². The van der Waals surface area contributed by atoms with Crippen molar-refractivity contribution >= 4 is 39.7 Å². The lowest BCUT2D eigenvalue weighted by molar-refractivity contribution is -0.138. The van der Waals surface area contributed by atoms with Gasteiger partial charge < -0.3 is 17.1 Å². The van der Waals surface area contributed by atoms with Crippen molar-refractivity contribution in [3.63, 3.8) is 0 Å². The zero-order chi connectivity index (χ0) is 20.3. The van der Waals surface area contributed by atoms with E-state index in [0.29, 0.717) is 0 Å². The highest BCUT2D eigenvalue weighted by molar-refractivity contribution is 6.91. The molecule has 5 nitrogen and oxygen atoms in total. The van der Waals surface area contributed by atoms with Gasteiger partial charge in [0, 0.05) is 6.08 Å². The summed E-state index contributed by atoms with van der Waals surface area (Å²) in [5.74, 6) is -0.440. The molecule has 9 heteroatoms. The summed E-state index contributed by atoms with van der Waals surface area (Å²) in [7, 11) is -9.05. The lowest BCUT2D eigenvalue weighted by Gasteiger charge is -2.49. The van der Waals surface area contributed by atoms with Gasteiger partial charge in [0.1, 0.15) is 6.61 Å². The number of carbonyl (C=O) groups is 1. The van der Waals surface area contributed by atoms with Crippen LogP contribution in [0.2, 0.25) is 64.0 Å². The van der Waals surface area contributed by atoms with Crippen LogP contribution in [0.25, 0.3) is 0 Å². The quantitative estimate of drug-likeness (QED) is 0.282. The zero-order valence-corrected chi connectivity index (χ0v) is 22.0. The van der Waals surface area contributed by atoms with E-state index in [1.54, 1.807) is 0 Å². The number of rotatable bonds is 10. The van der Waals surface area contributed by atoms with Crippen LogP contribution in [0.15, 0.2) is 12.7 Å². The molecule has 0 aliphatic rings. The topological polar surface area (TPSA) is 54.0 Å². The zero-order valence-electron chi connectivity index (χ0n) is 18.0. The second-order valence-corrected chi connectivity index (χ2v) is 27.5. The SMILES string of the molecule is C=CC(=O)OCC(C)(C)[Si](O[Si](C)(C)C)(O[Si](C)(C)C)O[Si](C)(C)C. The summed E-state index contributed by atoms with van der Waals surface area (Å²) in [6.07, 6.45) is 1.18. The number of carbonyl (C=O) groups excluding carboxylic acids is 1. The molecular formula is C16H38O5Si4. The predicted octanol–water partition coefficient (Wildman–Crippen LogP) is 4.99. The minimum absolute atomic E-state index is 0.184. The molecule has 0 rings (SSSR count). The van der Waals surface area contributed by atoms with Gasteiger partial charge in [0.25, 0.3) is 0 Å². The molecule has 0 aromatic carbocycles. The van der Waals surface area contributed by atoms with E-state index in [9.17, 15) is 4.79 Å². The van der Waals surface area contributed by atoms with Gasteiger partial charge in [0.15, 0.2) is 25.0 Å². The van der Waals surface area contributed by atoms with Gasteiger partial charge in [-0.2, -0.15) is 0 Å². The van der Waals surface area contributed by atoms with E-state index in [1.165, 1.54) is 6.08 Å². The van der Waals surface area contributed by atoms with Gasteiger partial charge >= 0.3 is 14.8 Å². The molecule has 0 aromatic heterocycles. The van der Waals surface area contributed by atoms with Crippen LogP contribution >= 0.6 is 0 Å². The van der Waals surface area contributed by atoms with Gasteiger partial charge in [-0.15, -0.1) is 0 Å². The van der Waals surface area contributed by atoms with E-state index in [4.69, 9.17) is 17.1 Å². The molecule has 0 heterocycles. The molecular weight excluding hydrogens is 385 g/mol. The maximum absolute atomic E-state index is 11.6. The Hall–Kier alpha value is -0.0425. The number of hydrogen-bond acceptors (Lipinski definition) is 5. The second kappa shape index (κ2) is 8.32. The van der Waals surface area contributed by atoms with Gasteiger partial charge in [-0.05, 0) is 58.9 Å². The maximum atomic E-state index is 11.6. The summed E-state index contributed by atoms with van der Waals surface area (Å²) in [5, 5.41) is -0.549. The second-order valence-electron chi connectivity index (χ2n) is 9.90. The van der Waals surface area contributed by atoms with Crippen molar-refractivity contribution in [1.29, 1.82) is 0 Å². The lowest BCUT2D eigenvalue weighted by atomic mass is 10.2. The molecule has 0 aromatic rings. The smallest absolute Gasteiger partial charge is 0.462 e. The summed E-state index contributed by atoms with van der Waals surface area (Å²) in [6.45, 7) is 27.0. The first kappa shape index (κ1) is 25.0. The number of ether oxygens (including phenoxy) is 1. The molecule has 0 unspecified atom stereocenters. The molecule has 0 N–H and O–H groups in total. The summed E-state index contributed by atoms with van der Waals surface area (Å²) in [6, 6.07) is 0. The van der Waals surface area contributed by atoms with Crippen molar-refractivity contribution in [2.75, 3.05) is 6.61 Å². The molecule has 0 amide bonds. The van der Waals surface area contributed by atoms with Crippen molar-refractivity contribution in [3.8, 4) is 0 Å². The first-order chi connectivity index (χ1) is 10.8. The summed E-state index contributed by atoms with van der Waals surface area (Å²) < 4.78 is 25.5. The average Bonchev–Trinajstić information content (AvgIpc) is 2.29. The van der Waals surface area contributed by atoms with Gasteiger partial charge in [-0.3, -0.25) is 0 Å². The third-order valence-electron chi connectivity index (χ3n) is 2.89. The molecule has 148 valence electrons. The Bertz CT molecular complexity index is 432. The van der Waals surface area contributed by atoms with E-state index in [-0.39, 0.29) is 6.61 Å². The first-order valence-electron chi connectivity index (χ1n) is 8.72. The van der Waals surface area contributed by atoms with Crippen LogP contribution in [0.3, 0.4) is 0 Å². The predicted molar refractivity (Wildman–Crippen MR) is 114 cm³/mol. The van der Waals surface area contributed by atoms with Crippen LogP contribution in [0.5, 0.6) is 0 Å². The van der Waals surface area contributed by atoms with E-state index in [2.05, 4.69) is 65.5 Å². The van der Waals surface area contributed by atoms with E-state index in [0.717, 1.165) is 0 Å². The van der Waals surface area contributed by atoms with Crippen LogP contribution in [0.1, 0.15) is 13.8 Å². The Kier molecular flexibility index (Phi) is 8.31. The van der Waals surface area contributed by atoms with Crippen LogP contribution < -0.4 is 0 Å². The number of esters is 1. The van der Waals surface area contributed by atoms with Crippen molar-refractivity contribution < 1.29 is 21.9 Å². The Labute approximate surface area is 158 Å². The molecule has 0 fully saturated rings. The highest BCUT2D eigenvalue weighted by Gasteiger charge is 2.61. The molecule has 0 aliphatic carbocycles. The van der Waals surface area contributed by atoms with E-state index >= 15 is 0 Å². The first-order valence-corrected chi connectivity index (χ1v) is 20.7. The van der Waals surface area contributed by atoms with Crippen LogP contribution in [-0.4, -0.2) is 46.3 Å². The van der Waals surface area contributed by atoms with Crippen LogP contribution in [-0.2, 0) is 21.9 Å². The molecule has 25 heavy (non-hydrogen) atoms. The Balaban J connectivity index is 6.09. The average molecular weight is 423 g/mol. The highest BCUT2D eigenvalue weighted by Crippen LogP contribution is 2.44. The normalized spacial score (nSPS) is 14.4. The molecule has 0 spiro atoms. The minimum Gasteiger partial charge on any atom is -0.462 e. The summed E-state index contributed by atoms with van der Waals surface area (Å²) >= 11 is 0. The minimum atomic E-state index is -3.14. The molecule has 0 atom stereocenters. The Morgan fingerprint density at radius 3 is 1.40 bits per heavy atom. The Morgan fingerprint density at radius 2 is 1.16 bits per heavy atom. The number of hydrogen-bond donors (Lipinski definition) is 0. The summed E-state index contributed by atoms with van der Waals surface area (Å²) in [5.41, 5.74) is 0. The van der Waals surface area contributed by atoms with Crippen LogP contribution in [0.4, 0.5) is 0 Å². The lowest BCUT2D eigenvalue weighted by Crippen LogP contribution is -2.66. The third kappa shape index (κ3) is 9.45. The largest absolute Gasteiger partial charge is 0.479 e. The standard InChI is InChI=1S/C16H38O5Si4/c1-13-15(17)18-14-16(2,3)25(19-22(4,5)6,20-23(7,8)9)21-24(10,11)12/h13H,1,14H2,2-12H3. The van der Waals surface area contributed by atoms with Crippen molar-refractivity contribution in [1.82, 2.24) is 0 Å². The molecule has 0 bridgehead atoms. The third-order valence-corrected chi connectivity index (χ3v) is 15.3. The molecule has 0 radical (unpaired) electrons. The molecule has 0 saturated carbocycles. The van der Waals surface area contributed by atoms with Gasteiger partial charge in [0.2, 0.25) is 0 Å².